The fourth-order valence-corrected chi connectivity index (χ4v) is 1.47. The van der Waals surface area contributed by atoms with Gasteiger partial charge in [-0.3, -0.25) is 0 Å². The smallest absolute Gasteiger partial charge is 0.134 e. The number of nitrogen functional groups attached to an aromatic ring is 1. The Morgan fingerprint density at radius 3 is 2.60 bits per heavy atom. The van der Waals surface area contributed by atoms with Gasteiger partial charge in [0.25, 0.3) is 0 Å². The third-order valence-corrected chi connectivity index (χ3v) is 2.10. The van der Waals surface area contributed by atoms with Gasteiger partial charge in [-0.2, -0.15) is 0 Å². The first-order valence-electron chi connectivity index (χ1n) is 5.03. The number of aryl methyl sites for hydroxylation is 1. The van der Waals surface area contributed by atoms with Crippen molar-refractivity contribution < 1.29 is 5.11 Å². The van der Waals surface area contributed by atoms with E-state index in [9.17, 15) is 0 Å². The molecule has 0 spiro atoms. The minimum Gasteiger partial charge on any atom is -0.395 e. The van der Waals surface area contributed by atoms with E-state index in [0.29, 0.717) is 18.2 Å². The minimum absolute atomic E-state index is 0.0983. The maximum atomic E-state index is 8.97. The number of nitrogens with zero attached hydrogens (tertiary/aromatic N) is 3. The minimum atomic E-state index is 0.0983. The molecule has 0 atom stereocenters. The zero-order chi connectivity index (χ0) is 11.4. The van der Waals surface area contributed by atoms with Crippen LogP contribution in [0.25, 0.3) is 0 Å². The topological polar surface area (TPSA) is 75.3 Å². The van der Waals surface area contributed by atoms with E-state index in [4.69, 9.17) is 10.8 Å². The van der Waals surface area contributed by atoms with Gasteiger partial charge in [0.05, 0.1) is 6.61 Å². The number of aliphatic hydroxyl groups is 1. The van der Waals surface area contributed by atoms with Gasteiger partial charge in [0.1, 0.15) is 17.5 Å². The number of nitrogens with two attached hydrogens (primary N) is 1. The fourth-order valence-electron chi connectivity index (χ4n) is 1.47. The lowest BCUT2D eigenvalue weighted by molar-refractivity contribution is 0.298. The zero-order valence-corrected chi connectivity index (χ0v) is 9.44. The Labute approximate surface area is 90.0 Å². The summed E-state index contributed by atoms with van der Waals surface area (Å²) < 4.78 is 0. The molecule has 1 heterocycles. The van der Waals surface area contributed by atoms with Crippen molar-refractivity contribution in [3.8, 4) is 0 Å². The molecule has 0 saturated carbocycles. The fraction of sp³-hybridized carbons (Fsp3) is 0.600. The highest BCUT2D eigenvalue weighted by atomic mass is 16.3. The Hall–Kier alpha value is -1.36. The van der Waals surface area contributed by atoms with Crippen LogP contribution in [0.5, 0.6) is 0 Å². The lowest BCUT2D eigenvalue weighted by Crippen LogP contribution is -2.34. The highest BCUT2D eigenvalue weighted by Gasteiger charge is 2.12. The number of anilines is 2. The lowest BCUT2D eigenvalue weighted by Gasteiger charge is -2.27. The molecule has 0 amide bonds. The van der Waals surface area contributed by atoms with Gasteiger partial charge in [-0.15, -0.1) is 0 Å². The predicted octanol–water partition coefficient (Wildman–Crippen LogP) is 0.574. The molecule has 0 radical (unpaired) electrons. The molecule has 0 aliphatic heterocycles. The van der Waals surface area contributed by atoms with E-state index in [1.807, 2.05) is 18.7 Å². The van der Waals surface area contributed by atoms with Gasteiger partial charge in [-0.05, 0) is 20.8 Å². The van der Waals surface area contributed by atoms with E-state index in [2.05, 4.69) is 9.97 Å². The summed E-state index contributed by atoms with van der Waals surface area (Å²) in [6.45, 7) is 6.54. The van der Waals surface area contributed by atoms with Gasteiger partial charge in [0.2, 0.25) is 0 Å². The molecule has 0 aromatic carbocycles. The molecule has 0 aliphatic carbocycles. The average molecular weight is 210 g/mol. The Morgan fingerprint density at radius 2 is 2.13 bits per heavy atom. The van der Waals surface area contributed by atoms with E-state index in [0.717, 1.165) is 5.82 Å². The van der Waals surface area contributed by atoms with Gasteiger partial charge in [-0.1, -0.05) is 0 Å². The lowest BCUT2D eigenvalue weighted by atomic mass is 10.3. The number of hydrogen-bond acceptors (Lipinski definition) is 5. The van der Waals surface area contributed by atoms with E-state index in [1.165, 1.54) is 0 Å². The summed E-state index contributed by atoms with van der Waals surface area (Å²) in [7, 11) is 0. The van der Waals surface area contributed by atoms with Gasteiger partial charge < -0.3 is 15.7 Å². The summed E-state index contributed by atoms with van der Waals surface area (Å²) in [4.78, 5) is 10.3. The summed E-state index contributed by atoms with van der Waals surface area (Å²) in [6.07, 6.45) is 0. The van der Waals surface area contributed by atoms with Crippen molar-refractivity contribution in [3.05, 3.63) is 11.9 Å². The molecule has 1 aromatic rings. The van der Waals surface area contributed by atoms with Crippen molar-refractivity contribution in [1.29, 1.82) is 0 Å². The quantitative estimate of drug-likeness (QED) is 0.760. The number of rotatable bonds is 4. The third-order valence-electron chi connectivity index (χ3n) is 2.10. The molecular formula is C10H18N4O. The van der Waals surface area contributed by atoms with Crippen LogP contribution in [0.2, 0.25) is 0 Å². The van der Waals surface area contributed by atoms with Crippen molar-refractivity contribution in [2.45, 2.75) is 26.8 Å². The molecule has 3 N–H and O–H groups in total. The standard InChI is InChI=1S/C10H18N4O/c1-7(2)14(4-5-15)10-6-9(11)12-8(3)13-10/h6-7,15H,4-5H2,1-3H3,(H2,11,12,13). The highest BCUT2D eigenvalue weighted by Crippen LogP contribution is 2.16. The second kappa shape index (κ2) is 4.93. The summed E-state index contributed by atoms with van der Waals surface area (Å²) in [5.41, 5.74) is 5.65. The Balaban J connectivity index is 2.99. The molecule has 5 nitrogen and oxygen atoms in total. The monoisotopic (exact) mass is 210 g/mol. The summed E-state index contributed by atoms with van der Waals surface area (Å²) in [5, 5.41) is 8.97. The molecule has 1 aromatic heterocycles. The normalized spacial score (nSPS) is 10.7. The van der Waals surface area contributed by atoms with Gasteiger partial charge in [-0.25, -0.2) is 9.97 Å². The van der Waals surface area contributed by atoms with Crippen molar-refractivity contribution in [2.75, 3.05) is 23.8 Å². The Bertz CT molecular complexity index is 307. The molecule has 84 valence electrons. The zero-order valence-electron chi connectivity index (χ0n) is 9.44. The summed E-state index contributed by atoms with van der Waals surface area (Å²) in [5.74, 6) is 1.87. The van der Waals surface area contributed by atoms with Crippen LogP contribution in [-0.4, -0.2) is 34.3 Å². The van der Waals surface area contributed by atoms with Crippen LogP contribution in [-0.2, 0) is 0 Å². The van der Waals surface area contributed by atoms with Crippen LogP contribution in [0, 0.1) is 6.92 Å². The molecule has 1 rings (SSSR count). The number of aliphatic hydroxyl groups excluding tert-OH is 1. The van der Waals surface area contributed by atoms with Crippen molar-refractivity contribution >= 4 is 11.6 Å². The van der Waals surface area contributed by atoms with Crippen LogP contribution in [0.1, 0.15) is 19.7 Å². The van der Waals surface area contributed by atoms with Crippen LogP contribution in [0.15, 0.2) is 6.07 Å². The van der Waals surface area contributed by atoms with Crippen LogP contribution < -0.4 is 10.6 Å². The molecule has 0 unspecified atom stereocenters. The van der Waals surface area contributed by atoms with E-state index in [-0.39, 0.29) is 12.6 Å². The maximum absolute atomic E-state index is 8.97. The third kappa shape index (κ3) is 3.06. The Morgan fingerprint density at radius 1 is 1.47 bits per heavy atom. The molecule has 0 fully saturated rings. The molecule has 15 heavy (non-hydrogen) atoms. The summed E-state index contributed by atoms with van der Waals surface area (Å²) >= 11 is 0. The number of aromatic nitrogens is 2. The second-order valence-electron chi connectivity index (χ2n) is 3.71. The first-order chi connectivity index (χ1) is 7.04. The highest BCUT2D eigenvalue weighted by molar-refractivity contribution is 5.47. The molecular weight excluding hydrogens is 192 g/mol. The summed E-state index contributed by atoms with van der Waals surface area (Å²) in [6, 6.07) is 1.99. The van der Waals surface area contributed by atoms with Gasteiger partial charge in [0, 0.05) is 18.7 Å². The van der Waals surface area contributed by atoms with E-state index in [1.54, 1.807) is 13.0 Å². The van der Waals surface area contributed by atoms with E-state index < -0.39 is 0 Å². The molecule has 0 saturated heterocycles. The predicted molar refractivity (Wildman–Crippen MR) is 60.7 cm³/mol. The first kappa shape index (κ1) is 11.7. The SMILES string of the molecule is Cc1nc(N)cc(N(CCO)C(C)C)n1. The number of hydrogen-bond donors (Lipinski definition) is 2. The maximum Gasteiger partial charge on any atom is 0.134 e. The van der Waals surface area contributed by atoms with E-state index >= 15 is 0 Å². The average Bonchev–Trinajstić information content (AvgIpc) is 2.11. The largest absolute Gasteiger partial charge is 0.395 e. The first-order valence-corrected chi connectivity index (χ1v) is 5.03. The Kier molecular flexibility index (Phi) is 3.85. The van der Waals surface area contributed by atoms with Crippen molar-refractivity contribution in [1.82, 2.24) is 9.97 Å². The second-order valence-corrected chi connectivity index (χ2v) is 3.71. The van der Waals surface area contributed by atoms with Crippen molar-refractivity contribution in [3.63, 3.8) is 0 Å². The van der Waals surface area contributed by atoms with Crippen LogP contribution >= 0.6 is 0 Å². The van der Waals surface area contributed by atoms with Gasteiger partial charge >= 0.3 is 0 Å². The van der Waals surface area contributed by atoms with Crippen molar-refractivity contribution in [2.24, 2.45) is 0 Å². The molecule has 0 bridgehead atoms. The molecule has 0 aliphatic rings. The molecule has 5 heteroatoms. The van der Waals surface area contributed by atoms with Crippen LogP contribution in [0.3, 0.4) is 0 Å². The van der Waals surface area contributed by atoms with Gasteiger partial charge in [0.15, 0.2) is 0 Å². The van der Waals surface area contributed by atoms with Crippen LogP contribution in [0.4, 0.5) is 11.6 Å².